The first-order valence-electron chi connectivity index (χ1n) is 4.66. The highest BCUT2D eigenvalue weighted by Crippen LogP contribution is 2.18. The Morgan fingerprint density at radius 3 is 3.00 bits per heavy atom. The van der Waals surface area contributed by atoms with Crippen LogP contribution in [0.1, 0.15) is 32.6 Å². The zero-order chi connectivity index (χ0) is 8.10. The minimum Gasteiger partial charge on any atom is -0.378 e. The third-order valence-corrected chi connectivity index (χ3v) is 2.47. The van der Waals surface area contributed by atoms with Crippen molar-refractivity contribution in [3.8, 4) is 0 Å². The van der Waals surface area contributed by atoms with Gasteiger partial charge in [0.1, 0.15) is 0 Å². The van der Waals surface area contributed by atoms with Gasteiger partial charge in [-0.05, 0) is 25.3 Å². The van der Waals surface area contributed by atoms with Crippen LogP contribution in [0.2, 0.25) is 0 Å². The lowest BCUT2D eigenvalue weighted by Gasteiger charge is -2.20. The smallest absolute Gasteiger partial charge is 0.0612 e. The molecule has 0 saturated carbocycles. The molecule has 2 atom stereocenters. The molecule has 1 aliphatic heterocycles. The molecule has 2 nitrogen and oxygen atoms in total. The second-order valence-corrected chi connectivity index (χ2v) is 3.47. The van der Waals surface area contributed by atoms with Crippen LogP contribution in [-0.4, -0.2) is 19.3 Å². The van der Waals surface area contributed by atoms with E-state index in [4.69, 9.17) is 10.5 Å². The first-order chi connectivity index (χ1) is 5.34. The Balaban J connectivity index is 2.30. The standard InChI is InChI=1S/C9H19NO/c1-8(7-10)9-5-3-2-4-6-11-9/h8-9H,2-7,10H2,1H3. The Morgan fingerprint density at radius 1 is 1.45 bits per heavy atom. The first kappa shape index (κ1) is 9.01. The Morgan fingerprint density at radius 2 is 2.27 bits per heavy atom. The predicted octanol–water partition coefficient (Wildman–Crippen LogP) is 1.54. The van der Waals surface area contributed by atoms with E-state index in [0.29, 0.717) is 12.0 Å². The highest BCUT2D eigenvalue weighted by atomic mass is 16.5. The van der Waals surface area contributed by atoms with Gasteiger partial charge in [0.15, 0.2) is 0 Å². The van der Waals surface area contributed by atoms with Gasteiger partial charge in [-0.25, -0.2) is 0 Å². The normalized spacial score (nSPS) is 29.5. The van der Waals surface area contributed by atoms with Gasteiger partial charge >= 0.3 is 0 Å². The van der Waals surface area contributed by atoms with E-state index in [0.717, 1.165) is 13.2 Å². The van der Waals surface area contributed by atoms with Gasteiger partial charge in [0.25, 0.3) is 0 Å². The second kappa shape index (κ2) is 4.73. The molecule has 0 amide bonds. The highest BCUT2D eigenvalue weighted by Gasteiger charge is 2.17. The van der Waals surface area contributed by atoms with Crippen molar-refractivity contribution in [2.45, 2.75) is 38.7 Å². The molecule has 0 aromatic heterocycles. The van der Waals surface area contributed by atoms with Crippen LogP contribution in [0.3, 0.4) is 0 Å². The maximum atomic E-state index is 5.68. The van der Waals surface area contributed by atoms with E-state index in [-0.39, 0.29) is 0 Å². The van der Waals surface area contributed by atoms with Crippen molar-refractivity contribution < 1.29 is 4.74 Å². The molecular weight excluding hydrogens is 138 g/mol. The monoisotopic (exact) mass is 157 g/mol. The van der Waals surface area contributed by atoms with Gasteiger partial charge in [-0.3, -0.25) is 0 Å². The second-order valence-electron chi connectivity index (χ2n) is 3.47. The van der Waals surface area contributed by atoms with Crippen LogP contribution in [0.5, 0.6) is 0 Å². The highest BCUT2D eigenvalue weighted by molar-refractivity contribution is 4.69. The fourth-order valence-corrected chi connectivity index (χ4v) is 1.54. The Labute approximate surface area is 69.1 Å². The number of nitrogens with two attached hydrogens (primary N) is 1. The summed E-state index contributed by atoms with van der Waals surface area (Å²) >= 11 is 0. The summed E-state index contributed by atoms with van der Waals surface area (Å²) in [7, 11) is 0. The Hall–Kier alpha value is -0.0800. The maximum absolute atomic E-state index is 5.68. The SMILES string of the molecule is CC(CN)C1CCCCCO1. The quantitative estimate of drug-likeness (QED) is 0.660. The van der Waals surface area contributed by atoms with Gasteiger partial charge in [-0.1, -0.05) is 19.8 Å². The third kappa shape index (κ3) is 2.80. The van der Waals surface area contributed by atoms with Crippen LogP contribution >= 0.6 is 0 Å². The molecule has 1 fully saturated rings. The molecule has 1 aliphatic rings. The van der Waals surface area contributed by atoms with E-state index in [1.54, 1.807) is 0 Å². The van der Waals surface area contributed by atoms with Gasteiger partial charge in [-0.2, -0.15) is 0 Å². The first-order valence-corrected chi connectivity index (χ1v) is 4.66. The molecule has 0 spiro atoms. The summed E-state index contributed by atoms with van der Waals surface area (Å²) in [6.07, 6.45) is 5.51. The van der Waals surface area contributed by atoms with Crippen LogP contribution in [0, 0.1) is 5.92 Å². The van der Waals surface area contributed by atoms with Gasteiger partial charge in [0.05, 0.1) is 6.10 Å². The van der Waals surface area contributed by atoms with Crippen molar-refractivity contribution in [1.29, 1.82) is 0 Å². The summed E-state index contributed by atoms with van der Waals surface area (Å²) in [5.41, 5.74) is 5.57. The minimum absolute atomic E-state index is 0.433. The van der Waals surface area contributed by atoms with Gasteiger partial charge in [0, 0.05) is 6.61 Å². The molecule has 1 heterocycles. The van der Waals surface area contributed by atoms with Gasteiger partial charge in [-0.15, -0.1) is 0 Å². The summed E-state index contributed by atoms with van der Waals surface area (Å²) < 4.78 is 5.68. The zero-order valence-corrected chi connectivity index (χ0v) is 7.38. The van der Waals surface area contributed by atoms with Crippen molar-refractivity contribution in [2.24, 2.45) is 11.7 Å². The van der Waals surface area contributed by atoms with Gasteiger partial charge in [0.2, 0.25) is 0 Å². The van der Waals surface area contributed by atoms with E-state index in [1.165, 1.54) is 25.7 Å². The fraction of sp³-hybridized carbons (Fsp3) is 1.00. The molecule has 1 saturated heterocycles. The average molecular weight is 157 g/mol. The molecule has 11 heavy (non-hydrogen) atoms. The fourth-order valence-electron chi connectivity index (χ4n) is 1.54. The number of hydrogen-bond donors (Lipinski definition) is 1. The molecule has 0 aromatic carbocycles. The third-order valence-electron chi connectivity index (χ3n) is 2.47. The summed E-state index contributed by atoms with van der Waals surface area (Å²) in [6, 6.07) is 0. The van der Waals surface area contributed by atoms with Crippen LogP contribution in [-0.2, 0) is 4.74 Å². The Bertz CT molecular complexity index is 97.7. The molecule has 1 rings (SSSR count). The van der Waals surface area contributed by atoms with E-state index in [9.17, 15) is 0 Å². The number of hydrogen-bond acceptors (Lipinski definition) is 2. The minimum atomic E-state index is 0.433. The molecular formula is C9H19NO. The van der Waals surface area contributed by atoms with E-state index in [2.05, 4.69) is 6.92 Å². The van der Waals surface area contributed by atoms with Crippen molar-refractivity contribution in [3.05, 3.63) is 0 Å². The van der Waals surface area contributed by atoms with Crippen molar-refractivity contribution in [1.82, 2.24) is 0 Å². The van der Waals surface area contributed by atoms with Crippen molar-refractivity contribution >= 4 is 0 Å². The molecule has 0 radical (unpaired) electrons. The van der Waals surface area contributed by atoms with E-state index in [1.807, 2.05) is 0 Å². The average Bonchev–Trinajstić information content (AvgIpc) is 2.30. The summed E-state index contributed by atoms with van der Waals surface area (Å²) in [5, 5.41) is 0. The predicted molar refractivity (Wildman–Crippen MR) is 46.4 cm³/mol. The molecule has 0 aromatic rings. The van der Waals surface area contributed by atoms with Crippen LogP contribution in [0.4, 0.5) is 0 Å². The number of rotatable bonds is 2. The molecule has 2 heteroatoms. The lowest BCUT2D eigenvalue weighted by molar-refractivity contribution is 0.0245. The summed E-state index contributed by atoms with van der Waals surface area (Å²) in [6.45, 7) is 3.87. The molecule has 0 bridgehead atoms. The molecule has 0 aliphatic carbocycles. The largest absolute Gasteiger partial charge is 0.378 e. The summed E-state index contributed by atoms with van der Waals surface area (Å²) in [5.74, 6) is 0.535. The van der Waals surface area contributed by atoms with Gasteiger partial charge < -0.3 is 10.5 Å². The zero-order valence-electron chi connectivity index (χ0n) is 7.38. The van der Waals surface area contributed by atoms with E-state index >= 15 is 0 Å². The van der Waals surface area contributed by atoms with Crippen molar-refractivity contribution in [2.75, 3.05) is 13.2 Å². The maximum Gasteiger partial charge on any atom is 0.0612 e. The molecule has 2 N–H and O–H groups in total. The lowest BCUT2D eigenvalue weighted by Crippen LogP contribution is -2.27. The lowest BCUT2D eigenvalue weighted by atomic mass is 10.0. The molecule has 2 unspecified atom stereocenters. The van der Waals surface area contributed by atoms with Crippen molar-refractivity contribution in [3.63, 3.8) is 0 Å². The number of ether oxygens (including phenoxy) is 1. The molecule has 66 valence electrons. The topological polar surface area (TPSA) is 35.2 Å². The van der Waals surface area contributed by atoms with Crippen LogP contribution < -0.4 is 5.73 Å². The van der Waals surface area contributed by atoms with E-state index < -0.39 is 0 Å². The summed E-state index contributed by atoms with van der Waals surface area (Å²) in [4.78, 5) is 0. The Kier molecular flexibility index (Phi) is 3.87. The van der Waals surface area contributed by atoms with Crippen LogP contribution in [0.25, 0.3) is 0 Å². The van der Waals surface area contributed by atoms with Crippen LogP contribution in [0.15, 0.2) is 0 Å².